The summed E-state index contributed by atoms with van der Waals surface area (Å²) in [6.07, 6.45) is -4.21. The number of halogens is 4. The van der Waals surface area contributed by atoms with Crippen LogP contribution in [0.15, 0.2) is 17.2 Å². The normalized spacial score (nSPS) is 12.3. The maximum Gasteiger partial charge on any atom is 0.419 e. The van der Waals surface area contributed by atoms with E-state index in [-0.39, 0.29) is 0 Å². The second-order valence-corrected chi connectivity index (χ2v) is 5.21. The fourth-order valence-corrected chi connectivity index (χ4v) is 2.19. The van der Waals surface area contributed by atoms with Gasteiger partial charge in [0.15, 0.2) is 0 Å². The summed E-state index contributed by atoms with van der Waals surface area (Å²) in [5.74, 6) is -0.932. The third-order valence-electron chi connectivity index (χ3n) is 1.71. The molecule has 1 heterocycles. The highest BCUT2D eigenvalue weighted by atomic mass is 35.5. The summed E-state index contributed by atoms with van der Waals surface area (Å²) >= 11 is 5.22. The van der Waals surface area contributed by atoms with Gasteiger partial charge in [0, 0.05) is 13.1 Å². The highest BCUT2D eigenvalue weighted by Crippen LogP contribution is 2.34. The summed E-state index contributed by atoms with van der Waals surface area (Å²) in [6, 6.07) is 0.306. The van der Waals surface area contributed by atoms with Gasteiger partial charge in [0.05, 0.1) is 5.56 Å². The number of pyridine rings is 1. The van der Waals surface area contributed by atoms with Gasteiger partial charge < -0.3 is 0 Å². The second-order valence-electron chi connectivity index (χ2n) is 3.17. The van der Waals surface area contributed by atoms with Crippen LogP contribution in [0.5, 0.6) is 0 Å². The number of hydrogen-bond acceptors (Lipinski definition) is 4. The molecule has 0 aromatic carbocycles. The molecule has 0 atom stereocenters. The lowest BCUT2D eigenvalue weighted by atomic mass is 10.3. The van der Waals surface area contributed by atoms with Crippen LogP contribution in [0.1, 0.15) is 12.5 Å². The summed E-state index contributed by atoms with van der Waals surface area (Å²) in [5, 5.41) is -0.871. The van der Waals surface area contributed by atoms with Crippen molar-refractivity contribution in [2.45, 2.75) is 18.0 Å². The smallest absolute Gasteiger partial charge is 0.274 e. The van der Waals surface area contributed by atoms with Crippen LogP contribution in [-0.4, -0.2) is 19.3 Å². The Morgan fingerprint density at radius 1 is 1.44 bits per heavy atom. The van der Waals surface area contributed by atoms with Crippen molar-refractivity contribution < 1.29 is 26.4 Å². The number of carbonyl (C=O) groups is 1. The van der Waals surface area contributed by atoms with E-state index in [9.17, 15) is 26.4 Å². The van der Waals surface area contributed by atoms with Gasteiger partial charge in [0.1, 0.15) is 10.0 Å². The molecule has 0 aliphatic heterocycles. The number of nitrogens with zero attached hydrogens (tertiary/aromatic N) is 1. The van der Waals surface area contributed by atoms with E-state index in [1.54, 1.807) is 0 Å². The maximum absolute atomic E-state index is 12.5. The van der Waals surface area contributed by atoms with Gasteiger partial charge in [0.25, 0.3) is 10.0 Å². The van der Waals surface area contributed by atoms with Crippen LogP contribution in [-0.2, 0) is 21.0 Å². The summed E-state index contributed by atoms with van der Waals surface area (Å²) < 4.78 is 61.8. The van der Waals surface area contributed by atoms with Crippen molar-refractivity contribution in [3.63, 3.8) is 0 Å². The van der Waals surface area contributed by atoms with Crippen molar-refractivity contribution in [3.8, 4) is 0 Å². The summed E-state index contributed by atoms with van der Waals surface area (Å²) in [4.78, 5) is 13.0. The van der Waals surface area contributed by atoms with E-state index in [2.05, 4.69) is 4.98 Å². The molecule has 1 aromatic heterocycles. The third-order valence-corrected chi connectivity index (χ3v) is 3.41. The van der Waals surface area contributed by atoms with Gasteiger partial charge in [-0.3, -0.25) is 4.79 Å². The van der Waals surface area contributed by atoms with Gasteiger partial charge in [0.2, 0.25) is 5.91 Å². The Bertz CT molecular complexity index is 586. The minimum Gasteiger partial charge on any atom is -0.274 e. The minimum absolute atomic E-state index is 0.306. The monoisotopic (exact) mass is 302 g/mol. The minimum atomic E-state index is -4.84. The zero-order chi connectivity index (χ0) is 14.1. The second kappa shape index (κ2) is 4.73. The Balaban J connectivity index is 3.34. The molecule has 0 unspecified atom stereocenters. The van der Waals surface area contributed by atoms with Gasteiger partial charge in [-0.1, -0.05) is 11.6 Å². The number of carbonyl (C=O) groups excluding carboxylic acids is 1. The quantitative estimate of drug-likeness (QED) is 0.842. The van der Waals surface area contributed by atoms with Gasteiger partial charge >= 0.3 is 6.18 Å². The molecule has 5 nitrogen and oxygen atoms in total. The van der Waals surface area contributed by atoms with Crippen LogP contribution < -0.4 is 4.72 Å². The van der Waals surface area contributed by atoms with Crippen LogP contribution in [0, 0.1) is 0 Å². The molecular weight excluding hydrogens is 297 g/mol. The molecule has 100 valence electrons. The van der Waals surface area contributed by atoms with E-state index in [0.717, 1.165) is 6.92 Å². The third kappa shape index (κ3) is 3.33. The van der Waals surface area contributed by atoms with Crippen molar-refractivity contribution in [2.75, 3.05) is 0 Å². The van der Waals surface area contributed by atoms with Gasteiger partial charge in [-0.25, -0.2) is 18.1 Å². The topological polar surface area (TPSA) is 76.1 Å². The largest absolute Gasteiger partial charge is 0.419 e. The first-order valence-corrected chi connectivity index (χ1v) is 6.16. The molecule has 0 fully saturated rings. The molecule has 1 amide bonds. The van der Waals surface area contributed by atoms with Crippen LogP contribution in [0.3, 0.4) is 0 Å². The predicted molar refractivity (Wildman–Crippen MR) is 55.3 cm³/mol. The Kier molecular flexibility index (Phi) is 3.86. The van der Waals surface area contributed by atoms with Crippen molar-refractivity contribution in [1.29, 1.82) is 0 Å². The Labute approximate surface area is 105 Å². The lowest BCUT2D eigenvalue weighted by Crippen LogP contribution is -2.28. The molecular formula is C8H6ClF3N2O3S. The summed E-state index contributed by atoms with van der Waals surface area (Å²) in [5.41, 5.74) is -1.39. The molecule has 1 N–H and O–H groups in total. The SMILES string of the molecule is CC(=O)NS(=O)(=O)c1cnc(Cl)c(C(F)(F)F)c1. The van der Waals surface area contributed by atoms with Crippen LogP contribution in [0.4, 0.5) is 13.2 Å². The summed E-state index contributed by atoms with van der Waals surface area (Å²) in [7, 11) is -4.38. The molecule has 0 spiro atoms. The average molecular weight is 303 g/mol. The van der Waals surface area contributed by atoms with Crippen LogP contribution >= 0.6 is 11.6 Å². The van der Waals surface area contributed by atoms with E-state index in [4.69, 9.17) is 11.6 Å². The maximum atomic E-state index is 12.5. The Hall–Kier alpha value is -1.35. The fraction of sp³-hybridized carbons (Fsp3) is 0.250. The first-order chi connectivity index (χ1) is 8.04. The zero-order valence-electron chi connectivity index (χ0n) is 8.75. The Morgan fingerprint density at radius 2 is 2.00 bits per heavy atom. The van der Waals surface area contributed by atoms with Gasteiger partial charge in [-0.15, -0.1) is 0 Å². The molecule has 1 rings (SSSR count). The standard InChI is InChI=1S/C8H6ClF3N2O3S/c1-4(15)14-18(16,17)5-2-6(8(10,11)12)7(9)13-3-5/h2-3H,1H3,(H,14,15). The zero-order valence-corrected chi connectivity index (χ0v) is 10.3. The molecule has 0 saturated carbocycles. The van der Waals surface area contributed by atoms with Crippen molar-refractivity contribution >= 4 is 27.5 Å². The molecule has 0 bridgehead atoms. The lowest BCUT2D eigenvalue weighted by Gasteiger charge is -2.10. The van der Waals surface area contributed by atoms with Crippen LogP contribution in [0.2, 0.25) is 5.15 Å². The number of rotatable bonds is 2. The molecule has 0 saturated heterocycles. The lowest BCUT2D eigenvalue weighted by molar-refractivity contribution is -0.137. The van der Waals surface area contributed by atoms with E-state index in [1.807, 2.05) is 0 Å². The highest BCUT2D eigenvalue weighted by Gasteiger charge is 2.35. The van der Waals surface area contributed by atoms with E-state index < -0.39 is 37.7 Å². The van der Waals surface area contributed by atoms with Crippen molar-refractivity contribution in [2.24, 2.45) is 0 Å². The molecule has 10 heteroatoms. The van der Waals surface area contributed by atoms with Gasteiger partial charge in [-0.2, -0.15) is 13.2 Å². The molecule has 18 heavy (non-hydrogen) atoms. The predicted octanol–water partition coefficient (Wildman–Crippen LogP) is 1.58. The van der Waals surface area contributed by atoms with Gasteiger partial charge in [-0.05, 0) is 6.07 Å². The average Bonchev–Trinajstić information content (AvgIpc) is 2.13. The first kappa shape index (κ1) is 14.7. The molecule has 0 aliphatic rings. The van der Waals surface area contributed by atoms with E-state index in [0.29, 0.717) is 12.3 Å². The van der Waals surface area contributed by atoms with Crippen LogP contribution in [0.25, 0.3) is 0 Å². The summed E-state index contributed by atoms with van der Waals surface area (Å²) in [6.45, 7) is 0.908. The molecule has 0 aliphatic carbocycles. The fourth-order valence-electron chi connectivity index (χ4n) is 1.02. The number of aromatic nitrogens is 1. The van der Waals surface area contributed by atoms with Crippen molar-refractivity contribution in [1.82, 2.24) is 9.71 Å². The molecule has 1 aromatic rings. The number of amides is 1. The number of nitrogens with one attached hydrogen (secondary N) is 1. The number of sulfonamides is 1. The van der Waals surface area contributed by atoms with Crippen molar-refractivity contribution in [3.05, 3.63) is 23.0 Å². The number of alkyl halides is 3. The first-order valence-electron chi connectivity index (χ1n) is 4.30. The molecule has 0 radical (unpaired) electrons. The highest BCUT2D eigenvalue weighted by molar-refractivity contribution is 7.90. The number of hydrogen-bond donors (Lipinski definition) is 1. The Morgan fingerprint density at radius 3 is 2.44 bits per heavy atom. The van der Waals surface area contributed by atoms with E-state index in [1.165, 1.54) is 4.72 Å². The van der Waals surface area contributed by atoms with E-state index >= 15 is 0 Å².